The lowest BCUT2D eigenvalue weighted by molar-refractivity contribution is 0.100. The molecule has 0 aliphatic carbocycles. The molecule has 8 nitrogen and oxygen atoms in total. The van der Waals surface area contributed by atoms with E-state index < -0.39 is 11.7 Å². The second-order valence-electron chi connectivity index (χ2n) is 4.42. The molecular weight excluding hydrogens is 301 g/mol. The van der Waals surface area contributed by atoms with Crippen molar-refractivity contribution in [3.63, 3.8) is 0 Å². The van der Waals surface area contributed by atoms with Gasteiger partial charge in [-0.15, -0.1) is 0 Å². The van der Waals surface area contributed by atoms with Crippen molar-refractivity contribution in [1.29, 1.82) is 5.41 Å². The molecule has 0 aliphatic heterocycles. The molecule has 118 valence electrons. The van der Waals surface area contributed by atoms with Gasteiger partial charge in [0, 0.05) is 11.9 Å². The SMILES string of the molecule is N=CCN=Nc1cccc(Nc2nc(N)c(C(N)=O)cc2F)c1. The highest BCUT2D eigenvalue weighted by Gasteiger charge is 2.13. The maximum Gasteiger partial charge on any atom is 0.252 e. The van der Waals surface area contributed by atoms with Crippen LogP contribution < -0.4 is 16.8 Å². The van der Waals surface area contributed by atoms with Crippen molar-refractivity contribution in [1.82, 2.24) is 4.98 Å². The molecule has 0 saturated carbocycles. The zero-order valence-corrected chi connectivity index (χ0v) is 12.0. The molecule has 0 fully saturated rings. The fraction of sp³-hybridized carbons (Fsp3) is 0.0714. The van der Waals surface area contributed by atoms with Crippen LogP contribution in [0.2, 0.25) is 0 Å². The summed E-state index contributed by atoms with van der Waals surface area (Å²) in [6, 6.07) is 7.62. The van der Waals surface area contributed by atoms with Crippen LogP contribution in [0.4, 0.5) is 27.4 Å². The van der Waals surface area contributed by atoms with Gasteiger partial charge in [-0.3, -0.25) is 4.79 Å². The number of primary amides is 1. The molecule has 1 aromatic carbocycles. The number of anilines is 3. The smallest absolute Gasteiger partial charge is 0.252 e. The molecule has 0 bridgehead atoms. The van der Waals surface area contributed by atoms with E-state index in [1.165, 1.54) is 0 Å². The number of benzene rings is 1. The third-order valence-electron chi connectivity index (χ3n) is 2.74. The molecule has 1 aromatic heterocycles. The van der Waals surface area contributed by atoms with Gasteiger partial charge in [0.1, 0.15) is 5.82 Å². The Morgan fingerprint density at radius 2 is 2.22 bits per heavy atom. The first-order valence-electron chi connectivity index (χ1n) is 6.50. The van der Waals surface area contributed by atoms with Gasteiger partial charge in [-0.05, 0) is 24.3 Å². The van der Waals surface area contributed by atoms with E-state index in [1.54, 1.807) is 24.3 Å². The third-order valence-corrected chi connectivity index (χ3v) is 2.74. The number of hydrogen-bond acceptors (Lipinski definition) is 7. The first-order chi connectivity index (χ1) is 11.0. The minimum Gasteiger partial charge on any atom is -0.383 e. The summed E-state index contributed by atoms with van der Waals surface area (Å²) in [6.45, 7) is 0.180. The number of nitrogens with zero attached hydrogens (tertiary/aromatic N) is 3. The van der Waals surface area contributed by atoms with Crippen molar-refractivity contribution in [2.75, 3.05) is 17.6 Å². The van der Waals surface area contributed by atoms with E-state index in [0.29, 0.717) is 11.4 Å². The van der Waals surface area contributed by atoms with Crippen LogP contribution >= 0.6 is 0 Å². The van der Waals surface area contributed by atoms with Gasteiger partial charge in [-0.25, -0.2) is 9.37 Å². The van der Waals surface area contributed by atoms with Crippen molar-refractivity contribution < 1.29 is 9.18 Å². The number of halogens is 1. The predicted molar refractivity (Wildman–Crippen MR) is 85.0 cm³/mol. The molecular formula is C14H14FN7O. The molecule has 2 aromatic rings. The number of pyridine rings is 1. The summed E-state index contributed by atoms with van der Waals surface area (Å²) in [4.78, 5) is 14.9. The monoisotopic (exact) mass is 315 g/mol. The van der Waals surface area contributed by atoms with Gasteiger partial charge in [0.05, 0.1) is 17.8 Å². The Hall–Kier alpha value is -3.36. The van der Waals surface area contributed by atoms with E-state index in [0.717, 1.165) is 12.3 Å². The first kappa shape index (κ1) is 16.0. The van der Waals surface area contributed by atoms with E-state index in [1.807, 2.05) is 0 Å². The second-order valence-corrected chi connectivity index (χ2v) is 4.42. The van der Waals surface area contributed by atoms with Crippen LogP contribution in [0.15, 0.2) is 40.6 Å². The van der Waals surface area contributed by atoms with Crippen molar-refractivity contribution in [2.24, 2.45) is 16.0 Å². The molecule has 0 saturated heterocycles. The molecule has 0 radical (unpaired) electrons. The van der Waals surface area contributed by atoms with E-state index in [2.05, 4.69) is 20.5 Å². The van der Waals surface area contributed by atoms with Crippen LogP contribution in [0.1, 0.15) is 10.4 Å². The van der Waals surface area contributed by atoms with Gasteiger partial charge in [-0.2, -0.15) is 10.2 Å². The Bertz CT molecular complexity index is 776. The zero-order valence-electron chi connectivity index (χ0n) is 12.0. The number of nitrogens with one attached hydrogen (secondary N) is 2. The number of aromatic nitrogens is 1. The molecule has 0 spiro atoms. The molecule has 9 heteroatoms. The van der Waals surface area contributed by atoms with Crippen molar-refractivity contribution in [3.05, 3.63) is 41.7 Å². The lowest BCUT2D eigenvalue weighted by atomic mass is 10.2. The van der Waals surface area contributed by atoms with Gasteiger partial charge in [0.15, 0.2) is 11.6 Å². The fourth-order valence-corrected chi connectivity index (χ4v) is 1.73. The van der Waals surface area contributed by atoms with Crippen LogP contribution in [0, 0.1) is 11.2 Å². The Morgan fingerprint density at radius 3 is 2.91 bits per heavy atom. The van der Waals surface area contributed by atoms with Crippen LogP contribution in [0.25, 0.3) is 0 Å². The molecule has 2 rings (SSSR count). The number of amides is 1. The zero-order chi connectivity index (χ0) is 16.8. The number of azo groups is 1. The average molecular weight is 315 g/mol. The van der Waals surface area contributed by atoms with Crippen LogP contribution in [-0.2, 0) is 0 Å². The van der Waals surface area contributed by atoms with Crippen LogP contribution in [-0.4, -0.2) is 23.7 Å². The van der Waals surface area contributed by atoms with Crippen LogP contribution in [0.5, 0.6) is 0 Å². The molecule has 0 unspecified atom stereocenters. The van der Waals surface area contributed by atoms with E-state index in [9.17, 15) is 9.18 Å². The Morgan fingerprint density at radius 1 is 1.43 bits per heavy atom. The highest BCUT2D eigenvalue weighted by Crippen LogP contribution is 2.24. The summed E-state index contributed by atoms with van der Waals surface area (Å²) in [5, 5.41) is 17.3. The maximum atomic E-state index is 14.0. The standard InChI is InChI=1S/C14H14FN7O/c15-11-7-10(13(18)23)12(17)21-14(11)20-8-2-1-3-9(6-8)22-19-5-4-16/h1-4,6-7,16H,5H2,(H2,18,23)(H3,17,20,21). The summed E-state index contributed by atoms with van der Waals surface area (Å²) in [7, 11) is 0. The Labute approximate surface area is 130 Å². The summed E-state index contributed by atoms with van der Waals surface area (Å²) in [6.07, 6.45) is 1.12. The van der Waals surface area contributed by atoms with Crippen molar-refractivity contribution in [3.8, 4) is 0 Å². The first-order valence-corrected chi connectivity index (χ1v) is 6.50. The lowest BCUT2D eigenvalue weighted by Crippen LogP contribution is -2.15. The van der Waals surface area contributed by atoms with Crippen molar-refractivity contribution >= 4 is 35.1 Å². The highest BCUT2D eigenvalue weighted by molar-refractivity contribution is 5.97. The lowest BCUT2D eigenvalue weighted by Gasteiger charge is -2.09. The fourth-order valence-electron chi connectivity index (χ4n) is 1.73. The van der Waals surface area contributed by atoms with Gasteiger partial charge >= 0.3 is 0 Å². The number of nitrogens with two attached hydrogens (primary N) is 2. The van der Waals surface area contributed by atoms with Gasteiger partial charge in [-0.1, -0.05) is 6.07 Å². The number of carbonyl (C=O) groups excluding carboxylic acids is 1. The third kappa shape index (κ3) is 4.06. The van der Waals surface area contributed by atoms with E-state index >= 15 is 0 Å². The number of hydrogen-bond donors (Lipinski definition) is 4. The van der Waals surface area contributed by atoms with Crippen molar-refractivity contribution in [2.45, 2.75) is 0 Å². The maximum absolute atomic E-state index is 14.0. The van der Waals surface area contributed by atoms with Gasteiger partial charge in [0.25, 0.3) is 5.91 Å². The molecule has 1 heterocycles. The molecule has 6 N–H and O–H groups in total. The number of rotatable bonds is 6. The molecule has 0 aliphatic rings. The van der Waals surface area contributed by atoms with Crippen LogP contribution in [0.3, 0.4) is 0 Å². The largest absolute Gasteiger partial charge is 0.383 e. The minimum atomic E-state index is -0.853. The normalized spacial score (nSPS) is 10.7. The van der Waals surface area contributed by atoms with E-state index in [-0.39, 0.29) is 23.7 Å². The van der Waals surface area contributed by atoms with Gasteiger partial charge < -0.3 is 22.2 Å². The number of carbonyl (C=O) groups is 1. The second kappa shape index (κ2) is 7.07. The number of nitrogen functional groups attached to an aromatic ring is 1. The summed E-state index contributed by atoms with van der Waals surface area (Å²) >= 11 is 0. The highest BCUT2D eigenvalue weighted by atomic mass is 19.1. The van der Waals surface area contributed by atoms with Gasteiger partial charge in [0.2, 0.25) is 0 Å². The average Bonchev–Trinajstić information content (AvgIpc) is 2.51. The summed E-state index contributed by atoms with van der Waals surface area (Å²) in [5.74, 6) is -1.91. The topological polar surface area (TPSA) is 143 Å². The molecule has 1 amide bonds. The Kier molecular flexibility index (Phi) is 4.92. The molecule has 23 heavy (non-hydrogen) atoms. The minimum absolute atomic E-state index is 0.138. The summed E-state index contributed by atoms with van der Waals surface area (Å²) in [5.41, 5.74) is 11.5. The summed E-state index contributed by atoms with van der Waals surface area (Å²) < 4.78 is 14.0. The predicted octanol–water partition coefficient (Wildman–Crippen LogP) is 2.38. The quantitative estimate of drug-likeness (QED) is 0.479. The Balaban J connectivity index is 2.25. The van der Waals surface area contributed by atoms with E-state index in [4.69, 9.17) is 16.9 Å². The molecule has 0 atom stereocenters.